The van der Waals surface area contributed by atoms with Crippen molar-refractivity contribution in [2.24, 2.45) is 0 Å². The van der Waals surface area contributed by atoms with Gasteiger partial charge in [0.2, 0.25) is 0 Å². The summed E-state index contributed by atoms with van der Waals surface area (Å²) in [7, 11) is 0. The lowest BCUT2D eigenvalue weighted by Gasteiger charge is -2.19. The molecule has 1 atom stereocenters. The second-order valence-electron chi connectivity index (χ2n) is 3.89. The molecule has 1 unspecified atom stereocenters. The maximum Gasteiger partial charge on any atom is 0.125 e. The summed E-state index contributed by atoms with van der Waals surface area (Å²) in [5.41, 5.74) is -0.719. The number of hydrogen-bond acceptors (Lipinski definition) is 1. The third-order valence-electron chi connectivity index (χ3n) is 2.51. The number of aliphatic hydroxyl groups is 1. The third-order valence-corrected chi connectivity index (χ3v) is 2.51. The van der Waals surface area contributed by atoms with Gasteiger partial charge in [-0.3, -0.25) is 0 Å². The van der Waals surface area contributed by atoms with Gasteiger partial charge in [0, 0.05) is 6.42 Å². The van der Waals surface area contributed by atoms with Crippen molar-refractivity contribution in [1.82, 2.24) is 0 Å². The van der Waals surface area contributed by atoms with Crippen molar-refractivity contribution in [2.75, 3.05) is 0 Å². The Morgan fingerprint density at radius 2 is 1.71 bits per heavy atom. The number of rotatable bonds is 6. The van der Waals surface area contributed by atoms with E-state index in [1.807, 2.05) is 6.92 Å². The molecule has 0 aromatic carbocycles. The molecule has 0 fully saturated rings. The first-order valence-electron chi connectivity index (χ1n) is 5.91. The lowest BCUT2D eigenvalue weighted by molar-refractivity contribution is 0.0850. The summed E-state index contributed by atoms with van der Waals surface area (Å²) in [5, 5.41) is 10.1. The minimum absolute atomic E-state index is 0.719. The molecule has 1 N–H and O–H groups in total. The Morgan fingerprint density at radius 1 is 1.07 bits per heavy atom. The normalized spacial score (nSPS) is 14.3. The second kappa shape index (κ2) is 7.88. The predicted octanol–water partition coefficient (Wildman–Crippen LogP) is 3.51. The highest BCUT2D eigenvalue weighted by molar-refractivity contribution is 5.13. The molecule has 0 amide bonds. The molecule has 0 saturated carbocycles. The van der Waals surface area contributed by atoms with E-state index in [9.17, 15) is 5.11 Å². The van der Waals surface area contributed by atoms with Crippen LogP contribution in [0.5, 0.6) is 0 Å². The fourth-order valence-corrected chi connectivity index (χ4v) is 1.29. The minimum Gasteiger partial charge on any atom is -0.378 e. The van der Waals surface area contributed by atoms with Crippen LogP contribution in [0, 0.1) is 11.8 Å². The van der Waals surface area contributed by atoms with Crippen LogP contribution in [-0.2, 0) is 0 Å². The average molecular weight is 196 g/mol. The Kier molecular flexibility index (Phi) is 7.61. The summed E-state index contributed by atoms with van der Waals surface area (Å²) in [4.78, 5) is 0. The Labute approximate surface area is 88.9 Å². The van der Waals surface area contributed by atoms with Gasteiger partial charge in [-0.25, -0.2) is 0 Å². The maximum absolute atomic E-state index is 10.1. The molecule has 82 valence electrons. The van der Waals surface area contributed by atoms with Gasteiger partial charge in [-0.05, 0) is 25.7 Å². The van der Waals surface area contributed by atoms with E-state index in [1.165, 1.54) is 6.42 Å². The molecule has 0 aromatic heterocycles. The van der Waals surface area contributed by atoms with E-state index in [4.69, 9.17) is 0 Å². The van der Waals surface area contributed by atoms with Crippen LogP contribution < -0.4 is 0 Å². The van der Waals surface area contributed by atoms with Crippen molar-refractivity contribution < 1.29 is 5.11 Å². The van der Waals surface area contributed by atoms with Gasteiger partial charge in [-0.1, -0.05) is 39.5 Å². The SMILES string of the molecule is CCCCC#CC(O)(CC)CCCC. The third kappa shape index (κ3) is 6.05. The number of unbranched alkanes of at least 4 members (excludes halogenated alkanes) is 3. The smallest absolute Gasteiger partial charge is 0.125 e. The van der Waals surface area contributed by atoms with Gasteiger partial charge in [0.25, 0.3) is 0 Å². The van der Waals surface area contributed by atoms with Crippen LogP contribution in [0.4, 0.5) is 0 Å². The van der Waals surface area contributed by atoms with E-state index in [0.717, 1.165) is 38.5 Å². The Hall–Kier alpha value is -0.480. The molecule has 0 rings (SSSR count). The first-order valence-corrected chi connectivity index (χ1v) is 5.91. The molecule has 0 aliphatic heterocycles. The van der Waals surface area contributed by atoms with Crippen LogP contribution in [-0.4, -0.2) is 10.7 Å². The van der Waals surface area contributed by atoms with E-state index in [0.29, 0.717) is 0 Å². The van der Waals surface area contributed by atoms with Crippen LogP contribution in [0.3, 0.4) is 0 Å². The molecule has 1 heteroatoms. The van der Waals surface area contributed by atoms with Crippen molar-refractivity contribution in [1.29, 1.82) is 0 Å². The predicted molar refractivity (Wildman–Crippen MR) is 62.1 cm³/mol. The first kappa shape index (κ1) is 13.5. The zero-order valence-corrected chi connectivity index (χ0v) is 9.90. The van der Waals surface area contributed by atoms with Gasteiger partial charge in [0.1, 0.15) is 5.60 Å². The molecule has 0 aliphatic carbocycles. The zero-order chi connectivity index (χ0) is 10.9. The van der Waals surface area contributed by atoms with Crippen LogP contribution in [0.15, 0.2) is 0 Å². The summed E-state index contributed by atoms with van der Waals surface area (Å²) in [6.07, 6.45) is 6.98. The molecule has 0 radical (unpaired) electrons. The minimum atomic E-state index is -0.719. The standard InChI is InChI=1S/C13H24O/c1-4-7-9-10-12-13(14,6-3)11-8-5-2/h14H,4-9,11H2,1-3H3. The molecule has 0 heterocycles. The van der Waals surface area contributed by atoms with Crippen molar-refractivity contribution in [3.63, 3.8) is 0 Å². The van der Waals surface area contributed by atoms with Gasteiger partial charge in [0.15, 0.2) is 0 Å². The molecular weight excluding hydrogens is 172 g/mol. The van der Waals surface area contributed by atoms with Gasteiger partial charge in [0.05, 0.1) is 0 Å². The van der Waals surface area contributed by atoms with E-state index >= 15 is 0 Å². The van der Waals surface area contributed by atoms with Crippen LogP contribution in [0.25, 0.3) is 0 Å². The molecular formula is C13H24O. The average Bonchev–Trinajstić information content (AvgIpc) is 2.22. The molecule has 0 bridgehead atoms. The number of hydrogen-bond donors (Lipinski definition) is 1. The van der Waals surface area contributed by atoms with Crippen molar-refractivity contribution in [3.05, 3.63) is 0 Å². The van der Waals surface area contributed by atoms with E-state index in [2.05, 4.69) is 25.7 Å². The Morgan fingerprint density at radius 3 is 2.21 bits per heavy atom. The largest absolute Gasteiger partial charge is 0.378 e. The first-order chi connectivity index (χ1) is 6.68. The summed E-state index contributed by atoms with van der Waals surface area (Å²) >= 11 is 0. The summed E-state index contributed by atoms with van der Waals surface area (Å²) in [6.45, 7) is 6.30. The van der Waals surface area contributed by atoms with E-state index in [-0.39, 0.29) is 0 Å². The molecule has 0 aliphatic rings. The second-order valence-corrected chi connectivity index (χ2v) is 3.89. The van der Waals surface area contributed by atoms with Gasteiger partial charge in [-0.15, -0.1) is 5.92 Å². The molecule has 0 saturated heterocycles. The monoisotopic (exact) mass is 196 g/mol. The zero-order valence-electron chi connectivity index (χ0n) is 9.90. The highest BCUT2D eigenvalue weighted by atomic mass is 16.3. The van der Waals surface area contributed by atoms with E-state index < -0.39 is 5.60 Å². The van der Waals surface area contributed by atoms with Gasteiger partial charge in [-0.2, -0.15) is 0 Å². The van der Waals surface area contributed by atoms with Crippen LogP contribution >= 0.6 is 0 Å². The lowest BCUT2D eigenvalue weighted by atomic mass is 9.94. The van der Waals surface area contributed by atoms with Crippen LogP contribution in [0.2, 0.25) is 0 Å². The van der Waals surface area contributed by atoms with Crippen molar-refractivity contribution in [2.45, 2.75) is 71.3 Å². The summed E-state index contributed by atoms with van der Waals surface area (Å²) < 4.78 is 0. The fourth-order valence-electron chi connectivity index (χ4n) is 1.29. The lowest BCUT2D eigenvalue weighted by Crippen LogP contribution is -2.25. The molecule has 0 spiro atoms. The Balaban J connectivity index is 3.99. The summed E-state index contributed by atoms with van der Waals surface area (Å²) in [5.74, 6) is 6.11. The fraction of sp³-hybridized carbons (Fsp3) is 0.846. The van der Waals surface area contributed by atoms with Gasteiger partial charge >= 0.3 is 0 Å². The highest BCUT2D eigenvalue weighted by Gasteiger charge is 2.19. The maximum atomic E-state index is 10.1. The summed E-state index contributed by atoms with van der Waals surface area (Å²) in [6, 6.07) is 0. The molecule has 14 heavy (non-hydrogen) atoms. The van der Waals surface area contributed by atoms with Crippen LogP contribution in [0.1, 0.15) is 65.7 Å². The highest BCUT2D eigenvalue weighted by Crippen LogP contribution is 2.17. The van der Waals surface area contributed by atoms with Crippen molar-refractivity contribution >= 4 is 0 Å². The van der Waals surface area contributed by atoms with Crippen molar-refractivity contribution in [3.8, 4) is 11.8 Å². The van der Waals surface area contributed by atoms with E-state index in [1.54, 1.807) is 0 Å². The topological polar surface area (TPSA) is 20.2 Å². The Bertz CT molecular complexity index is 187. The van der Waals surface area contributed by atoms with Gasteiger partial charge < -0.3 is 5.11 Å². The molecule has 0 aromatic rings. The quantitative estimate of drug-likeness (QED) is 0.509. The molecule has 1 nitrogen and oxygen atoms in total.